The number of aromatic hydroxyl groups is 2. The normalized spacial score (nSPS) is 9.70. The molecule has 0 fully saturated rings. The second-order valence-corrected chi connectivity index (χ2v) is 1.93. The molecule has 0 aliphatic rings. The van der Waals surface area contributed by atoms with Crippen LogP contribution in [-0.4, -0.2) is 10.2 Å². The molecular formula is C7H8NO2. The molecule has 1 radical (unpaired) electrons. The minimum Gasteiger partial charge on any atom is -0.508 e. The van der Waals surface area contributed by atoms with Crippen LogP contribution in [0.2, 0.25) is 0 Å². The van der Waals surface area contributed by atoms with Gasteiger partial charge in [-0.2, -0.15) is 0 Å². The first-order valence-electron chi connectivity index (χ1n) is 2.86. The highest BCUT2D eigenvalue weighted by molar-refractivity contribution is 5.37. The van der Waals surface area contributed by atoms with E-state index in [4.69, 9.17) is 15.9 Å². The van der Waals surface area contributed by atoms with Crippen LogP contribution in [0.5, 0.6) is 11.5 Å². The Balaban J connectivity index is 3.09. The lowest BCUT2D eigenvalue weighted by molar-refractivity contribution is 0.453. The summed E-state index contributed by atoms with van der Waals surface area (Å²) in [6.07, 6.45) is 0. The van der Waals surface area contributed by atoms with Gasteiger partial charge >= 0.3 is 0 Å². The fourth-order valence-corrected chi connectivity index (χ4v) is 0.679. The summed E-state index contributed by atoms with van der Waals surface area (Å²) in [5, 5.41) is 17.9. The summed E-state index contributed by atoms with van der Waals surface area (Å²) in [6.45, 7) is 0.216. The Morgan fingerprint density at radius 2 is 2.20 bits per heavy atom. The van der Waals surface area contributed by atoms with Crippen LogP contribution in [0.25, 0.3) is 0 Å². The SMILES string of the molecule is NCc1cc(O)[c]cc1O. The number of hydrogen-bond donors (Lipinski definition) is 3. The molecule has 3 nitrogen and oxygen atoms in total. The van der Waals surface area contributed by atoms with Crippen molar-refractivity contribution in [1.29, 1.82) is 0 Å². The number of hydrogen-bond acceptors (Lipinski definition) is 3. The molecule has 0 saturated heterocycles. The van der Waals surface area contributed by atoms with E-state index in [0.29, 0.717) is 5.56 Å². The molecule has 0 atom stereocenters. The summed E-state index contributed by atoms with van der Waals surface area (Å²) < 4.78 is 0. The molecular weight excluding hydrogens is 130 g/mol. The molecule has 10 heavy (non-hydrogen) atoms. The van der Waals surface area contributed by atoms with Gasteiger partial charge in [-0.15, -0.1) is 0 Å². The monoisotopic (exact) mass is 138 g/mol. The molecule has 0 aromatic heterocycles. The van der Waals surface area contributed by atoms with Crippen molar-refractivity contribution in [3.63, 3.8) is 0 Å². The zero-order valence-electron chi connectivity index (χ0n) is 5.33. The second kappa shape index (κ2) is 2.58. The zero-order valence-corrected chi connectivity index (χ0v) is 5.33. The van der Waals surface area contributed by atoms with Gasteiger partial charge in [-0.05, 0) is 12.1 Å². The smallest absolute Gasteiger partial charge is 0.124 e. The Bertz CT molecular complexity index is 235. The first-order chi connectivity index (χ1) is 4.74. The number of nitrogens with two attached hydrogens (primary N) is 1. The molecule has 4 N–H and O–H groups in total. The van der Waals surface area contributed by atoms with Crippen LogP contribution in [0.1, 0.15) is 5.56 Å². The van der Waals surface area contributed by atoms with Crippen molar-refractivity contribution in [3.8, 4) is 11.5 Å². The van der Waals surface area contributed by atoms with E-state index in [2.05, 4.69) is 6.07 Å². The summed E-state index contributed by atoms with van der Waals surface area (Å²) in [6, 6.07) is 5.10. The van der Waals surface area contributed by atoms with Crippen LogP contribution in [-0.2, 0) is 6.54 Å². The Labute approximate surface area is 58.7 Å². The molecule has 53 valence electrons. The first kappa shape index (κ1) is 6.89. The van der Waals surface area contributed by atoms with Crippen LogP contribution in [0, 0.1) is 6.07 Å². The maximum Gasteiger partial charge on any atom is 0.124 e. The van der Waals surface area contributed by atoms with Gasteiger partial charge in [-0.25, -0.2) is 0 Å². The number of rotatable bonds is 1. The summed E-state index contributed by atoms with van der Waals surface area (Å²) in [5.41, 5.74) is 5.76. The van der Waals surface area contributed by atoms with E-state index in [1.165, 1.54) is 12.1 Å². The number of phenolic OH excluding ortho intramolecular Hbond substituents is 2. The van der Waals surface area contributed by atoms with Gasteiger partial charge in [0.15, 0.2) is 0 Å². The van der Waals surface area contributed by atoms with Crippen LogP contribution in [0.3, 0.4) is 0 Å². The molecule has 0 amide bonds. The summed E-state index contributed by atoms with van der Waals surface area (Å²) in [5.74, 6) is 0.0681. The molecule has 0 aliphatic carbocycles. The van der Waals surface area contributed by atoms with E-state index in [-0.39, 0.29) is 18.0 Å². The average molecular weight is 138 g/mol. The Kier molecular flexibility index (Phi) is 1.78. The van der Waals surface area contributed by atoms with Crippen LogP contribution in [0.15, 0.2) is 12.1 Å². The Morgan fingerprint density at radius 3 is 2.70 bits per heavy atom. The Morgan fingerprint density at radius 1 is 1.50 bits per heavy atom. The van der Waals surface area contributed by atoms with Gasteiger partial charge in [0.25, 0.3) is 0 Å². The molecule has 0 aliphatic heterocycles. The molecule has 0 saturated carbocycles. The van der Waals surface area contributed by atoms with E-state index in [0.717, 1.165) is 0 Å². The number of phenols is 2. The van der Waals surface area contributed by atoms with Gasteiger partial charge in [0.05, 0.1) is 0 Å². The number of benzene rings is 1. The quantitative estimate of drug-likeness (QED) is 0.491. The highest BCUT2D eigenvalue weighted by Gasteiger charge is 1.98. The van der Waals surface area contributed by atoms with Gasteiger partial charge in [0, 0.05) is 18.2 Å². The fourth-order valence-electron chi connectivity index (χ4n) is 0.679. The van der Waals surface area contributed by atoms with Gasteiger partial charge in [-0.3, -0.25) is 0 Å². The van der Waals surface area contributed by atoms with Crippen molar-refractivity contribution in [2.24, 2.45) is 5.73 Å². The Hall–Kier alpha value is -1.22. The minimum atomic E-state index is -0.00162. The summed E-state index contributed by atoms with van der Waals surface area (Å²) in [7, 11) is 0. The molecule has 1 rings (SSSR count). The lowest BCUT2D eigenvalue weighted by Crippen LogP contribution is -1.95. The largest absolute Gasteiger partial charge is 0.508 e. The lowest BCUT2D eigenvalue weighted by Gasteiger charge is -1.99. The van der Waals surface area contributed by atoms with Crippen LogP contribution < -0.4 is 5.73 Å². The van der Waals surface area contributed by atoms with Gasteiger partial charge < -0.3 is 15.9 Å². The maximum absolute atomic E-state index is 9.01. The first-order valence-corrected chi connectivity index (χ1v) is 2.86. The van der Waals surface area contributed by atoms with Gasteiger partial charge in [0.1, 0.15) is 11.5 Å². The highest BCUT2D eigenvalue weighted by Crippen LogP contribution is 2.20. The maximum atomic E-state index is 9.01. The van der Waals surface area contributed by atoms with Crippen molar-refractivity contribution < 1.29 is 10.2 Å². The van der Waals surface area contributed by atoms with E-state index in [1.54, 1.807) is 0 Å². The standard InChI is InChI=1S/C7H8NO2/c8-4-5-3-6(9)1-2-7(5)10/h2-3,9-10H,4,8H2. The van der Waals surface area contributed by atoms with Gasteiger partial charge in [0.2, 0.25) is 0 Å². The van der Waals surface area contributed by atoms with Gasteiger partial charge in [-0.1, -0.05) is 0 Å². The highest BCUT2D eigenvalue weighted by atomic mass is 16.3. The summed E-state index contributed by atoms with van der Waals surface area (Å²) in [4.78, 5) is 0. The fraction of sp³-hybridized carbons (Fsp3) is 0.143. The zero-order chi connectivity index (χ0) is 7.56. The topological polar surface area (TPSA) is 66.5 Å². The molecule has 0 bridgehead atoms. The van der Waals surface area contributed by atoms with E-state index in [1.807, 2.05) is 0 Å². The predicted molar refractivity (Wildman–Crippen MR) is 36.5 cm³/mol. The molecule has 1 aromatic rings. The van der Waals surface area contributed by atoms with E-state index < -0.39 is 0 Å². The van der Waals surface area contributed by atoms with Crippen molar-refractivity contribution in [2.45, 2.75) is 6.54 Å². The predicted octanol–water partition coefficient (Wildman–Crippen LogP) is 0.357. The average Bonchev–Trinajstić information content (AvgIpc) is 1.94. The van der Waals surface area contributed by atoms with Crippen molar-refractivity contribution in [2.75, 3.05) is 0 Å². The second-order valence-electron chi connectivity index (χ2n) is 1.93. The van der Waals surface area contributed by atoms with Crippen LogP contribution in [0.4, 0.5) is 0 Å². The molecule has 1 aromatic carbocycles. The molecule has 0 unspecified atom stereocenters. The van der Waals surface area contributed by atoms with E-state index in [9.17, 15) is 0 Å². The van der Waals surface area contributed by atoms with Crippen molar-refractivity contribution in [1.82, 2.24) is 0 Å². The molecule has 0 heterocycles. The minimum absolute atomic E-state index is 0.00162. The van der Waals surface area contributed by atoms with Crippen LogP contribution >= 0.6 is 0 Å². The van der Waals surface area contributed by atoms with E-state index >= 15 is 0 Å². The third-order valence-electron chi connectivity index (χ3n) is 1.22. The lowest BCUT2D eigenvalue weighted by atomic mass is 10.2. The molecule has 3 heteroatoms. The van der Waals surface area contributed by atoms with Crippen molar-refractivity contribution in [3.05, 3.63) is 23.8 Å². The summed E-state index contributed by atoms with van der Waals surface area (Å²) >= 11 is 0. The van der Waals surface area contributed by atoms with Crippen molar-refractivity contribution >= 4 is 0 Å². The third kappa shape index (κ3) is 1.19. The third-order valence-corrected chi connectivity index (χ3v) is 1.22. The molecule has 0 spiro atoms.